The summed E-state index contributed by atoms with van der Waals surface area (Å²) >= 11 is 0. The molecular formula is C28H35N3O3. The minimum Gasteiger partial charge on any atom is -0.493 e. The fourth-order valence-corrected chi connectivity index (χ4v) is 4.69. The van der Waals surface area contributed by atoms with Crippen LogP contribution >= 0.6 is 0 Å². The second-order valence-corrected chi connectivity index (χ2v) is 8.94. The fraction of sp³-hybridized carbons (Fsp3) is 0.393. The third kappa shape index (κ3) is 4.68. The molecule has 0 N–H and O–H groups in total. The Bertz CT molecular complexity index is 1100. The Hall–Kier alpha value is -3.25. The summed E-state index contributed by atoms with van der Waals surface area (Å²) in [5.74, 6) is 1.84. The number of benzene rings is 2. The summed E-state index contributed by atoms with van der Waals surface area (Å²) in [5, 5.41) is 0. The standard InChI is InChI=1S/C28H35N3O3/c1-19(2)30-11-13-31(14-12-30)23-9-7-21(8-10-23)24-17-29-18-25(20(24)3)22-15-26(32-4)28(34-6)27(16-22)33-5/h7-10,15-19H,11-14H2,1-6H3. The Labute approximate surface area is 203 Å². The van der Waals surface area contributed by atoms with Gasteiger partial charge in [0.15, 0.2) is 11.5 Å². The molecular weight excluding hydrogens is 426 g/mol. The molecule has 1 aromatic heterocycles. The van der Waals surface area contributed by atoms with Crippen LogP contribution in [0.5, 0.6) is 17.2 Å². The molecule has 3 aromatic rings. The first-order valence-electron chi connectivity index (χ1n) is 11.8. The van der Waals surface area contributed by atoms with Gasteiger partial charge in [0.25, 0.3) is 0 Å². The van der Waals surface area contributed by atoms with Crippen molar-refractivity contribution in [1.82, 2.24) is 9.88 Å². The van der Waals surface area contributed by atoms with Crippen molar-refractivity contribution >= 4 is 5.69 Å². The van der Waals surface area contributed by atoms with Crippen LogP contribution in [0.3, 0.4) is 0 Å². The Morgan fingerprint density at radius 2 is 1.32 bits per heavy atom. The number of nitrogens with zero attached hydrogens (tertiary/aromatic N) is 3. The van der Waals surface area contributed by atoms with Crippen LogP contribution in [0.25, 0.3) is 22.3 Å². The number of rotatable bonds is 7. The molecule has 0 aliphatic carbocycles. The zero-order valence-electron chi connectivity index (χ0n) is 21.1. The van der Waals surface area contributed by atoms with E-state index in [1.54, 1.807) is 21.3 Å². The molecule has 0 radical (unpaired) electrons. The quantitative estimate of drug-likeness (QED) is 0.477. The van der Waals surface area contributed by atoms with Crippen LogP contribution in [-0.4, -0.2) is 63.4 Å². The molecule has 0 atom stereocenters. The average molecular weight is 462 g/mol. The lowest BCUT2D eigenvalue weighted by molar-refractivity contribution is 0.209. The first-order chi connectivity index (χ1) is 16.5. The summed E-state index contributed by atoms with van der Waals surface area (Å²) in [7, 11) is 4.88. The molecule has 2 heterocycles. The highest BCUT2D eigenvalue weighted by atomic mass is 16.5. The van der Waals surface area contributed by atoms with Crippen LogP contribution < -0.4 is 19.1 Å². The predicted molar refractivity (Wildman–Crippen MR) is 138 cm³/mol. The van der Waals surface area contributed by atoms with E-state index in [2.05, 4.69) is 59.8 Å². The number of pyridine rings is 1. The van der Waals surface area contributed by atoms with Gasteiger partial charge >= 0.3 is 0 Å². The maximum Gasteiger partial charge on any atom is 0.203 e. The van der Waals surface area contributed by atoms with Gasteiger partial charge in [0.05, 0.1) is 21.3 Å². The Morgan fingerprint density at radius 1 is 0.765 bits per heavy atom. The van der Waals surface area contributed by atoms with Crippen LogP contribution in [-0.2, 0) is 0 Å². The Kier molecular flexibility index (Phi) is 7.27. The molecule has 34 heavy (non-hydrogen) atoms. The van der Waals surface area contributed by atoms with Gasteiger partial charge in [0.2, 0.25) is 5.75 Å². The van der Waals surface area contributed by atoms with Gasteiger partial charge in [-0.2, -0.15) is 0 Å². The molecule has 2 aromatic carbocycles. The first-order valence-corrected chi connectivity index (χ1v) is 11.8. The summed E-state index contributed by atoms with van der Waals surface area (Å²) in [5.41, 5.74) is 6.71. The Morgan fingerprint density at radius 3 is 1.82 bits per heavy atom. The van der Waals surface area contributed by atoms with Crippen molar-refractivity contribution < 1.29 is 14.2 Å². The van der Waals surface area contributed by atoms with Gasteiger partial charge in [-0.25, -0.2) is 0 Å². The van der Waals surface area contributed by atoms with Crippen molar-refractivity contribution in [3.8, 4) is 39.5 Å². The fourth-order valence-electron chi connectivity index (χ4n) is 4.69. The highest BCUT2D eigenvalue weighted by Crippen LogP contribution is 2.42. The summed E-state index contributed by atoms with van der Waals surface area (Å²) in [6, 6.07) is 13.4. The van der Waals surface area contributed by atoms with E-state index in [1.807, 2.05) is 24.5 Å². The summed E-state index contributed by atoms with van der Waals surface area (Å²) < 4.78 is 16.6. The van der Waals surface area contributed by atoms with E-state index in [9.17, 15) is 0 Å². The van der Waals surface area contributed by atoms with E-state index in [0.29, 0.717) is 23.3 Å². The van der Waals surface area contributed by atoms with Gasteiger partial charge in [-0.15, -0.1) is 0 Å². The van der Waals surface area contributed by atoms with Gasteiger partial charge in [-0.1, -0.05) is 12.1 Å². The molecule has 1 aliphatic heterocycles. The summed E-state index contributed by atoms with van der Waals surface area (Å²) in [4.78, 5) is 9.57. The van der Waals surface area contributed by atoms with Crippen molar-refractivity contribution in [2.45, 2.75) is 26.8 Å². The molecule has 0 amide bonds. The number of anilines is 1. The van der Waals surface area contributed by atoms with E-state index >= 15 is 0 Å². The van der Waals surface area contributed by atoms with Crippen molar-refractivity contribution in [1.29, 1.82) is 0 Å². The van der Waals surface area contributed by atoms with Crippen LogP contribution in [0, 0.1) is 6.92 Å². The predicted octanol–water partition coefficient (Wildman–Crippen LogP) is 5.28. The number of hydrogen-bond donors (Lipinski definition) is 0. The molecule has 6 heteroatoms. The van der Waals surface area contributed by atoms with E-state index < -0.39 is 0 Å². The number of ether oxygens (including phenoxy) is 3. The largest absolute Gasteiger partial charge is 0.493 e. The zero-order chi connectivity index (χ0) is 24.2. The third-order valence-electron chi connectivity index (χ3n) is 6.78. The number of methoxy groups -OCH3 is 3. The molecule has 1 aliphatic rings. The zero-order valence-corrected chi connectivity index (χ0v) is 21.1. The second kappa shape index (κ2) is 10.3. The molecule has 1 fully saturated rings. The molecule has 0 unspecified atom stereocenters. The van der Waals surface area contributed by atoms with Gasteiger partial charge in [0.1, 0.15) is 0 Å². The highest BCUT2D eigenvalue weighted by Gasteiger charge is 2.20. The maximum absolute atomic E-state index is 5.55. The van der Waals surface area contributed by atoms with E-state index in [-0.39, 0.29) is 0 Å². The van der Waals surface area contributed by atoms with Crippen LogP contribution in [0.1, 0.15) is 19.4 Å². The summed E-state index contributed by atoms with van der Waals surface area (Å²) in [6.07, 6.45) is 3.83. The van der Waals surface area contributed by atoms with Crippen molar-refractivity contribution in [3.05, 3.63) is 54.4 Å². The van der Waals surface area contributed by atoms with Crippen LogP contribution in [0.2, 0.25) is 0 Å². The number of aromatic nitrogens is 1. The second-order valence-electron chi connectivity index (χ2n) is 8.94. The van der Waals surface area contributed by atoms with Gasteiger partial charge in [-0.3, -0.25) is 9.88 Å². The third-order valence-corrected chi connectivity index (χ3v) is 6.78. The maximum atomic E-state index is 5.55. The molecule has 0 bridgehead atoms. The van der Waals surface area contributed by atoms with Crippen molar-refractivity contribution in [3.63, 3.8) is 0 Å². The highest BCUT2D eigenvalue weighted by molar-refractivity contribution is 5.80. The smallest absolute Gasteiger partial charge is 0.203 e. The number of piperazine rings is 1. The number of hydrogen-bond acceptors (Lipinski definition) is 6. The van der Waals surface area contributed by atoms with E-state index in [1.165, 1.54) is 5.69 Å². The lowest BCUT2D eigenvalue weighted by atomic mass is 9.95. The molecule has 0 spiro atoms. The Balaban J connectivity index is 1.62. The normalized spacial score (nSPS) is 14.4. The molecule has 6 nitrogen and oxygen atoms in total. The van der Waals surface area contributed by atoms with Gasteiger partial charge in [0, 0.05) is 61.4 Å². The minimum absolute atomic E-state index is 0.584. The SMILES string of the molecule is COc1cc(-c2cncc(-c3ccc(N4CCN(C(C)C)CC4)cc3)c2C)cc(OC)c1OC. The van der Waals surface area contributed by atoms with Gasteiger partial charge in [-0.05, 0) is 61.7 Å². The summed E-state index contributed by atoms with van der Waals surface area (Å²) in [6.45, 7) is 11.0. The molecule has 180 valence electrons. The van der Waals surface area contributed by atoms with Crippen molar-refractivity contribution in [2.24, 2.45) is 0 Å². The van der Waals surface area contributed by atoms with E-state index in [0.717, 1.165) is 54.0 Å². The monoisotopic (exact) mass is 461 g/mol. The van der Waals surface area contributed by atoms with Crippen LogP contribution in [0.4, 0.5) is 5.69 Å². The van der Waals surface area contributed by atoms with Crippen LogP contribution in [0.15, 0.2) is 48.8 Å². The van der Waals surface area contributed by atoms with Crippen molar-refractivity contribution in [2.75, 3.05) is 52.4 Å². The molecule has 0 saturated carbocycles. The molecule has 4 rings (SSSR count). The van der Waals surface area contributed by atoms with Gasteiger partial charge < -0.3 is 19.1 Å². The lowest BCUT2D eigenvalue weighted by Crippen LogP contribution is -2.48. The minimum atomic E-state index is 0.584. The van der Waals surface area contributed by atoms with E-state index in [4.69, 9.17) is 14.2 Å². The lowest BCUT2D eigenvalue weighted by Gasteiger charge is -2.38. The molecule has 1 saturated heterocycles. The first kappa shape index (κ1) is 23.9. The topological polar surface area (TPSA) is 47.1 Å². The average Bonchev–Trinajstić information content (AvgIpc) is 2.88.